The zero-order valence-electron chi connectivity index (χ0n) is 14.2. The Kier molecular flexibility index (Phi) is 4.95. The van der Waals surface area contributed by atoms with Crippen LogP contribution >= 0.6 is 23.4 Å². The highest BCUT2D eigenvalue weighted by Crippen LogP contribution is 2.24. The number of rotatable bonds is 6. The molecule has 0 radical (unpaired) electrons. The minimum Gasteiger partial charge on any atom is -0.416 e. The van der Waals surface area contributed by atoms with Gasteiger partial charge in [0.15, 0.2) is 0 Å². The van der Waals surface area contributed by atoms with Gasteiger partial charge in [-0.2, -0.15) is 0 Å². The summed E-state index contributed by atoms with van der Waals surface area (Å²) in [4.78, 5) is 4.56. The number of halogens is 1. The fourth-order valence-corrected chi connectivity index (χ4v) is 3.60. The second-order valence-electron chi connectivity index (χ2n) is 6.11. The van der Waals surface area contributed by atoms with Gasteiger partial charge in [-0.3, -0.25) is 0 Å². The summed E-state index contributed by atoms with van der Waals surface area (Å²) in [6, 6.07) is 14.1. The van der Waals surface area contributed by atoms with Crippen LogP contribution in [0, 0.1) is 0 Å². The van der Waals surface area contributed by atoms with Crippen LogP contribution in [0.5, 0.6) is 0 Å². The first-order valence-corrected chi connectivity index (χ1v) is 9.67. The van der Waals surface area contributed by atoms with E-state index in [1.165, 1.54) is 17.3 Å². The topological polar surface area (TPSA) is 56.2 Å². The molecule has 0 N–H and O–H groups in total. The van der Waals surface area contributed by atoms with E-state index in [1.807, 2.05) is 47.1 Å². The van der Waals surface area contributed by atoms with E-state index in [0.717, 1.165) is 17.8 Å². The van der Waals surface area contributed by atoms with Gasteiger partial charge in [0, 0.05) is 24.6 Å². The zero-order chi connectivity index (χ0) is 17.9. The maximum absolute atomic E-state index is 6.00. The van der Waals surface area contributed by atoms with Gasteiger partial charge in [0.25, 0.3) is 5.22 Å². The molecule has 0 saturated carbocycles. The number of hydrogen-bond donors (Lipinski definition) is 0. The number of fused-ring (bicyclic) bond motifs is 1. The Labute approximate surface area is 160 Å². The molecule has 4 rings (SSSR count). The molecule has 3 heterocycles. The average Bonchev–Trinajstić information content (AvgIpc) is 3.26. The Morgan fingerprint density at radius 1 is 1.12 bits per heavy atom. The Morgan fingerprint density at radius 2 is 1.96 bits per heavy atom. The molecule has 7 heteroatoms. The molecular weight excluding hydrogens is 368 g/mol. The van der Waals surface area contributed by atoms with E-state index in [2.05, 4.69) is 34.2 Å². The second kappa shape index (κ2) is 7.51. The van der Waals surface area contributed by atoms with E-state index < -0.39 is 0 Å². The Hall–Kier alpha value is -2.31. The van der Waals surface area contributed by atoms with Crippen molar-refractivity contribution < 1.29 is 4.42 Å². The third-order valence-corrected chi connectivity index (χ3v) is 5.18. The van der Waals surface area contributed by atoms with E-state index in [1.54, 1.807) is 0 Å². The van der Waals surface area contributed by atoms with Crippen molar-refractivity contribution in [2.24, 2.45) is 0 Å². The number of pyridine rings is 1. The minimum atomic E-state index is 0.331. The lowest BCUT2D eigenvalue weighted by Crippen LogP contribution is -1.98. The molecule has 0 aliphatic carbocycles. The minimum absolute atomic E-state index is 0.331. The van der Waals surface area contributed by atoms with E-state index in [0.29, 0.717) is 27.8 Å². The summed E-state index contributed by atoms with van der Waals surface area (Å²) >= 11 is 7.49. The van der Waals surface area contributed by atoms with Crippen LogP contribution < -0.4 is 0 Å². The highest BCUT2D eigenvalue weighted by Gasteiger charge is 2.13. The molecule has 26 heavy (non-hydrogen) atoms. The van der Waals surface area contributed by atoms with E-state index in [-0.39, 0.29) is 0 Å². The van der Waals surface area contributed by atoms with Gasteiger partial charge in [0.2, 0.25) is 5.89 Å². The standard InChI is InChI=1S/C19H17ClN4OS/c1-13(14-5-3-2-4-6-14)9-18-22-23-19(25-18)26-12-16-11-24-10-15(20)7-8-17(24)21-16/h2-8,10-11,13H,9,12H2,1H3. The van der Waals surface area contributed by atoms with Crippen molar-refractivity contribution in [1.82, 2.24) is 19.6 Å². The first-order chi connectivity index (χ1) is 12.7. The van der Waals surface area contributed by atoms with Crippen LogP contribution in [0.3, 0.4) is 0 Å². The van der Waals surface area contributed by atoms with Gasteiger partial charge in [-0.05, 0) is 23.6 Å². The van der Waals surface area contributed by atoms with Gasteiger partial charge in [0.05, 0.1) is 10.7 Å². The van der Waals surface area contributed by atoms with Crippen LogP contribution in [0.25, 0.3) is 5.65 Å². The van der Waals surface area contributed by atoms with E-state index >= 15 is 0 Å². The molecule has 3 aromatic heterocycles. The third kappa shape index (κ3) is 3.92. The van der Waals surface area contributed by atoms with Crippen LogP contribution in [0.1, 0.15) is 30.0 Å². The molecule has 0 saturated heterocycles. The molecule has 0 bridgehead atoms. The molecule has 0 aliphatic rings. The molecular formula is C19H17ClN4OS. The van der Waals surface area contributed by atoms with Gasteiger partial charge in [-0.25, -0.2) is 4.98 Å². The fourth-order valence-electron chi connectivity index (χ4n) is 2.76. The Bertz CT molecular complexity index is 1010. The van der Waals surface area contributed by atoms with Crippen LogP contribution in [-0.4, -0.2) is 19.6 Å². The molecule has 0 fully saturated rings. The number of benzene rings is 1. The van der Waals surface area contributed by atoms with Gasteiger partial charge < -0.3 is 8.82 Å². The van der Waals surface area contributed by atoms with Gasteiger partial charge >= 0.3 is 0 Å². The molecule has 0 amide bonds. The van der Waals surface area contributed by atoms with Crippen molar-refractivity contribution in [2.75, 3.05) is 0 Å². The second-order valence-corrected chi connectivity index (χ2v) is 7.47. The quantitative estimate of drug-likeness (QED) is 0.437. The summed E-state index contributed by atoms with van der Waals surface area (Å²) in [7, 11) is 0. The monoisotopic (exact) mass is 384 g/mol. The summed E-state index contributed by atoms with van der Waals surface area (Å²) < 4.78 is 7.69. The van der Waals surface area contributed by atoms with Crippen molar-refractivity contribution in [3.05, 3.63) is 77.0 Å². The number of aromatic nitrogens is 4. The summed E-state index contributed by atoms with van der Waals surface area (Å²) in [5, 5.41) is 9.55. The smallest absolute Gasteiger partial charge is 0.276 e. The molecule has 5 nitrogen and oxygen atoms in total. The number of nitrogens with zero attached hydrogens (tertiary/aromatic N) is 4. The third-order valence-electron chi connectivity index (χ3n) is 4.11. The Morgan fingerprint density at radius 3 is 2.81 bits per heavy atom. The van der Waals surface area contributed by atoms with Crippen molar-refractivity contribution >= 4 is 29.0 Å². The summed E-state index contributed by atoms with van der Waals surface area (Å²) in [6.07, 6.45) is 4.53. The maximum atomic E-state index is 6.00. The van der Waals surface area contributed by atoms with Crippen LogP contribution in [0.4, 0.5) is 0 Å². The van der Waals surface area contributed by atoms with E-state index in [9.17, 15) is 0 Å². The average molecular weight is 385 g/mol. The van der Waals surface area contributed by atoms with Crippen LogP contribution in [0.15, 0.2) is 64.5 Å². The predicted octanol–water partition coefficient (Wildman–Crippen LogP) is 5.01. The van der Waals surface area contributed by atoms with Crippen LogP contribution in [-0.2, 0) is 12.2 Å². The maximum Gasteiger partial charge on any atom is 0.276 e. The summed E-state index contributed by atoms with van der Waals surface area (Å²) in [5.74, 6) is 1.65. The molecule has 0 spiro atoms. The fraction of sp³-hybridized carbons (Fsp3) is 0.211. The van der Waals surface area contributed by atoms with E-state index in [4.69, 9.17) is 16.0 Å². The molecule has 4 aromatic rings. The normalized spacial score (nSPS) is 12.5. The molecule has 1 aromatic carbocycles. The highest BCUT2D eigenvalue weighted by molar-refractivity contribution is 7.98. The zero-order valence-corrected chi connectivity index (χ0v) is 15.7. The Balaban J connectivity index is 1.38. The van der Waals surface area contributed by atoms with Gasteiger partial charge in [-0.1, -0.05) is 60.6 Å². The first-order valence-electron chi connectivity index (χ1n) is 8.30. The number of thioether (sulfide) groups is 1. The lowest BCUT2D eigenvalue weighted by Gasteiger charge is -2.08. The molecule has 1 atom stereocenters. The van der Waals surface area contributed by atoms with Crippen molar-refractivity contribution in [2.45, 2.75) is 30.2 Å². The largest absolute Gasteiger partial charge is 0.416 e. The van der Waals surface area contributed by atoms with Crippen molar-refractivity contribution in [3.8, 4) is 0 Å². The molecule has 132 valence electrons. The lowest BCUT2D eigenvalue weighted by molar-refractivity contribution is 0.404. The number of hydrogen-bond acceptors (Lipinski definition) is 5. The molecule has 1 unspecified atom stereocenters. The van der Waals surface area contributed by atoms with Gasteiger partial charge in [0.1, 0.15) is 5.65 Å². The highest BCUT2D eigenvalue weighted by atomic mass is 35.5. The van der Waals surface area contributed by atoms with Gasteiger partial charge in [-0.15, -0.1) is 10.2 Å². The van der Waals surface area contributed by atoms with Crippen LogP contribution in [0.2, 0.25) is 5.02 Å². The first kappa shape index (κ1) is 17.1. The summed E-state index contributed by atoms with van der Waals surface area (Å²) in [5.41, 5.74) is 3.07. The van der Waals surface area contributed by atoms with Crippen molar-refractivity contribution in [1.29, 1.82) is 0 Å². The summed E-state index contributed by atoms with van der Waals surface area (Å²) in [6.45, 7) is 2.16. The van der Waals surface area contributed by atoms with Crippen molar-refractivity contribution in [3.63, 3.8) is 0 Å². The SMILES string of the molecule is CC(Cc1nnc(SCc2cn3cc(Cl)ccc3n2)o1)c1ccccc1. The lowest BCUT2D eigenvalue weighted by atomic mass is 9.98. The molecule has 0 aliphatic heterocycles. The predicted molar refractivity (Wildman–Crippen MR) is 103 cm³/mol. The number of imidazole rings is 1.